The van der Waals surface area contributed by atoms with Crippen LogP contribution >= 0.6 is 11.3 Å². The number of amides is 1. The number of hydrogen-bond acceptors (Lipinski definition) is 4. The zero-order valence-electron chi connectivity index (χ0n) is 12.3. The summed E-state index contributed by atoms with van der Waals surface area (Å²) in [6, 6.07) is 9.53. The first-order chi connectivity index (χ1) is 11.1. The summed E-state index contributed by atoms with van der Waals surface area (Å²) in [5.41, 5.74) is 0.863. The van der Waals surface area contributed by atoms with Crippen LogP contribution in [0.1, 0.15) is 34.5 Å². The topological polar surface area (TPSA) is 75.6 Å². The van der Waals surface area contributed by atoms with Crippen molar-refractivity contribution >= 4 is 23.2 Å². The fourth-order valence-electron chi connectivity index (χ4n) is 3.01. The van der Waals surface area contributed by atoms with Gasteiger partial charge < -0.3 is 15.2 Å². The van der Waals surface area contributed by atoms with Crippen molar-refractivity contribution < 1.29 is 19.4 Å². The van der Waals surface area contributed by atoms with E-state index in [1.165, 1.54) is 11.3 Å². The summed E-state index contributed by atoms with van der Waals surface area (Å²) >= 11 is 1.39. The predicted octanol–water partition coefficient (Wildman–Crippen LogP) is 3.04. The Hall–Kier alpha value is -2.34. The number of rotatable bonds is 3. The molecule has 2 aliphatic rings. The molecule has 1 aromatic carbocycles. The Labute approximate surface area is 136 Å². The van der Waals surface area contributed by atoms with E-state index >= 15 is 0 Å². The van der Waals surface area contributed by atoms with Crippen LogP contribution in [0.4, 0.5) is 0 Å². The van der Waals surface area contributed by atoms with Gasteiger partial charge in [0.25, 0.3) is 5.91 Å². The van der Waals surface area contributed by atoms with Crippen LogP contribution in [0.15, 0.2) is 30.3 Å². The Bertz CT molecular complexity index is 807. The van der Waals surface area contributed by atoms with Crippen molar-refractivity contribution in [3.05, 3.63) is 40.8 Å². The van der Waals surface area contributed by atoms with Crippen molar-refractivity contribution in [2.45, 2.75) is 31.4 Å². The SMILES string of the molecule is O=C(NC1(C(=O)O)CCC1)c1cc2c(s1)-c1ccccc1OC2. The van der Waals surface area contributed by atoms with Crippen LogP contribution in [-0.2, 0) is 11.4 Å². The van der Waals surface area contributed by atoms with E-state index in [0.29, 0.717) is 24.3 Å². The molecule has 1 aliphatic heterocycles. The molecule has 2 N–H and O–H groups in total. The highest BCUT2D eigenvalue weighted by Crippen LogP contribution is 2.42. The number of hydrogen-bond donors (Lipinski definition) is 2. The van der Waals surface area contributed by atoms with E-state index in [0.717, 1.165) is 28.2 Å². The lowest BCUT2D eigenvalue weighted by Crippen LogP contribution is -2.59. The van der Waals surface area contributed by atoms with Gasteiger partial charge in [0.05, 0.1) is 4.88 Å². The highest BCUT2D eigenvalue weighted by atomic mass is 32.1. The number of carboxylic acid groups (broad SMARTS) is 1. The average Bonchev–Trinajstić information content (AvgIpc) is 2.95. The zero-order chi connectivity index (χ0) is 16.0. The Morgan fingerprint density at radius 2 is 2.04 bits per heavy atom. The minimum absolute atomic E-state index is 0.316. The largest absolute Gasteiger partial charge is 0.488 e. The molecule has 0 unspecified atom stereocenters. The quantitative estimate of drug-likeness (QED) is 0.907. The fraction of sp³-hybridized carbons (Fsp3) is 0.294. The Kier molecular flexibility index (Phi) is 3.16. The summed E-state index contributed by atoms with van der Waals surface area (Å²) in [6.45, 7) is 0.431. The van der Waals surface area contributed by atoms with Crippen LogP contribution in [-0.4, -0.2) is 22.5 Å². The van der Waals surface area contributed by atoms with Gasteiger partial charge in [-0.1, -0.05) is 12.1 Å². The summed E-state index contributed by atoms with van der Waals surface area (Å²) in [5.74, 6) is -0.453. The molecule has 1 amide bonds. The first-order valence-corrected chi connectivity index (χ1v) is 8.31. The second-order valence-corrected chi connectivity index (χ2v) is 7.00. The third-order valence-electron chi connectivity index (χ3n) is 4.52. The van der Waals surface area contributed by atoms with E-state index < -0.39 is 11.5 Å². The molecule has 0 spiro atoms. The summed E-state index contributed by atoms with van der Waals surface area (Å²) in [7, 11) is 0. The van der Waals surface area contributed by atoms with Gasteiger partial charge in [-0.2, -0.15) is 0 Å². The lowest BCUT2D eigenvalue weighted by atomic mass is 9.77. The van der Waals surface area contributed by atoms with Gasteiger partial charge in [-0.05, 0) is 37.5 Å². The van der Waals surface area contributed by atoms with Crippen molar-refractivity contribution in [3.63, 3.8) is 0 Å². The molecule has 2 aromatic rings. The number of carbonyl (C=O) groups excluding carboxylic acids is 1. The average molecular weight is 329 g/mol. The number of para-hydroxylation sites is 1. The minimum atomic E-state index is -1.09. The van der Waals surface area contributed by atoms with E-state index in [1.807, 2.05) is 24.3 Å². The number of benzene rings is 1. The highest BCUT2D eigenvalue weighted by molar-refractivity contribution is 7.17. The second kappa shape index (κ2) is 5.09. The molecule has 1 fully saturated rings. The highest BCUT2D eigenvalue weighted by Gasteiger charge is 2.46. The molecule has 0 atom stereocenters. The number of nitrogens with one attached hydrogen (secondary N) is 1. The van der Waals surface area contributed by atoms with Crippen LogP contribution in [0.2, 0.25) is 0 Å². The third kappa shape index (κ3) is 2.21. The zero-order valence-corrected chi connectivity index (χ0v) is 13.1. The van der Waals surface area contributed by atoms with Gasteiger partial charge in [-0.15, -0.1) is 11.3 Å². The summed E-state index contributed by atoms with van der Waals surface area (Å²) in [4.78, 5) is 25.4. The van der Waals surface area contributed by atoms with Crippen molar-refractivity contribution in [3.8, 4) is 16.2 Å². The molecular weight excluding hydrogens is 314 g/mol. The second-order valence-electron chi connectivity index (χ2n) is 5.94. The van der Waals surface area contributed by atoms with Crippen LogP contribution in [0.5, 0.6) is 5.75 Å². The molecule has 5 nitrogen and oxygen atoms in total. The van der Waals surface area contributed by atoms with E-state index in [-0.39, 0.29) is 5.91 Å². The summed E-state index contributed by atoms with van der Waals surface area (Å²) < 4.78 is 5.70. The molecule has 1 saturated carbocycles. The van der Waals surface area contributed by atoms with Crippen LogP contribution < -0.4 is 10.1 Å². The molecule has 0 saturated heterocycles. The molecular formula is C17H15NO4S. The van der Waals surface area contributed by atoms with Gasteiger partial charge in [0, 0.05) is 16.0 Å². The Morgan fingerprint density at radius 3 is 2.74 bits per heavy atom. The van der Waals surface area contributed by atoms with Gasteiger partial charge >= 0.3 is 5.97 Å². The third-order valence-corrected chi connectivity index (χ3v) is 5.73. The number of fused-ring (bicyclic) bond motifs is 3. The van der Waals surface area contributed by atoms with Gasteiger partial charge in [0.1, 0.15) is 17.9 Å². The molecule has 118 valence electrons. The van der Waals surface area contributed by atoms with Gasteiger partial charge in [0.15, 0.2) is 0 Å². The van der Waals surface area contributed by atoms with Crippen molar-refractivity contribution in [1.82, 2.24) is 5.32 Å². The van der Waals surface area contributed by atoms with Gasteiger partial charge in [-0.3, -0.25) is 4.79 Å². The minimum Gasteiger partial charge on any atom is -0.488 e. The standard InChI is InChI=1S/C17H15NO4S/c19-15(18-17(16(20)21)6-3-7-17)13-8-10-9-22-12-5-2-1-4-11(12)14(10)23-13/h1-2,4-5,8H,3,6-7,9H2,(H,18,19)(H,20,21). The molecule has 23 heavy (non-hydrogen) atoms. The van der Waals surface area contributed by atoms with Gasteiger partial charge in [-0.25, -0.2) is 4.79 Å². The maximum Gasteiger partial charge on any atom is 0.329 e. The normalized spacial score (nSPS) is 17.2. The molecule has 1 aliphatic carbocycles. The van der Waals surface area contributed by atoms with Crippen LogP contribution in [0, 0.1) is 0 Å². The van der Waals surface area contributed by atoms with E-state index in [1.54, 1.807) is 6.07 Å². The summed E-state index contributed by atoms with van der Waals surface area (Å²) in [6.07, 6.45) is 1.81. The number of carboxylic acids is 1. The Balaban J connectivity index is 1.64. The number of ether oxygens (including phenoxy) is 1. The number of carbonyl (C=O) groups is 2. The molecule has 0 radical (unpaired) electrons. The molecule has 2 heterocycles. The molecule has 4 rings (SSSR count). The summed E-state index contributed by atoms with van der Waals surface area (Å²) in [5, 5.41) is 12.1. The van der Waals surface area contributed by atoms with Crippen LogP contribution in [0.3, 0.4) is 0 Å². The lowest BCUT2D eigenvalue weighted by Gasteiger charge is -2.38. The van der Waals surface area contributed by atoms with E-state index in [2.05, 4.69) is 5.32 Å². The van der Waals surface area contributed by atoms with Crippen molar-refractivity contribution in [2.75, 3.05) is 0 Å². The van der Waals surface area contributed by atoms with Crippen molar-refractivity contribution in [2.24, 2.45) is 0 Å². The van der Waals surface area contributed by atoms with E-state index in [4.69, 9.17) is 4.74 Å². The molecule has 6 heteroatoms. The Morgan fingerprint density at radius 1 is 1.26 bits per heavy atom. The number of aliphatic carboxylic acids is 1. The monoisotopic (exact) mass is 329 g/mol. The predicted molar refractivity (Wildman–Crippen MR) is 85.8 cm³/mol. The first-order valence-electron chi connectivity index (χ1n) is 7.50. The van der Waals surface area contributed by atoms with Crippen LogP contribution in [0.25, 0.3) is 10.4 Å². The fourth-order valence-corrected chi connectivity index (χ4v) is 4.11. The smallest absolute Gasteiger partial charge is 0.329 e. The van der Waals surface area contributed by atoms with E-state index in [9.17, 15) is 14.7 Å². The van der Waals surface area contributed by atoms with Gasteiger partial charge in [0.2, 0.25) is 0 Å². The number of thiophene rings is 1. The maximum atomic E-state index is 12.5. The first kappa shape index (κ1) is 14.3. The molecule has 0 bridgehead atoms. The molecule has 1 aromatic heterocycles. The maximum absolute atomic E-state index is 12.5. The lowest BCUT2D eigenvalue weighted by molar-refractivity contribution is -0.148. The van der Waals surface area contributed by atoms with Crippen molar-refractivity contribution in [1.29, 1.82) is 0 Å².